The van der Waals surface area contributed by atoms with Gasteiger partial charge in [-0.25, -0.2) is 4.79 Å². The first-order valence-electron chi connectivity index (χ1n) is 5.26. The summed E-state index contributed by atoms with van der Waals surface area (Å²) in [6, 6.07) is 0. The Kier molecular flexibility index (Phi) is 6.14. The van der Waals surface area contributed by atoms with Crippen molar-refractivity contribution in [1.82, 2.24) is 0 Å². The Morgan fingerprint density at radius 2 is 1.94 bits per heavy atom. The average molecular weight is 238 g/mol. The van der Waals surface area contributed by atoms with Crippen LogP contribution in [0.3, 0.4) is 0 Å². The number of hydrogen-bond donors (Lipinski definition) is 0. The first-order chi connectivity index (χ1) is 7.29. The zero-order valence-corrected chi connectivity index (χ0v) is 9.56. The SMILES string of the molecule is C=C(C(=O)OC(C)CCCCC)C(F)(F)F. The Bertz CT molecular complexity index is 246. The minimum absolute atomic E-state index is 0.502. The van der Waals surface area contributed by atoms with Crippen LogP contribution >= 0.6 is 0 Å². The Morgan fingerprint density at radius 1 is 1.38 bits per heavy atom. The molecule has 0 aromatic rings. The molecule has 2 nitrogen and oxygen atoms in total. The third-order valence-corrected chi connectivity index (χ3v) is 2.11. The number of halogens is 3. The van der Waals surface area contributed by atoms with Gasteiger partial charge in [-0.3, -0.25) is 0 Å². The fraction of sp³-hybridized carbons (Fsp3) is 0.727. The van der Waals surface area contributed by atoms with Crippen LogP contribution in [0.1, 0.15) is 39.5 Å². The summed E-state index contributed by atoms with van der Waals surface area (Å²) in [7, 11) is 0. The van der Waals surface area contributed by atoms with Crippen LogP contribution in [0.4, 0.5) is 13.2 Å². The van der Waals surface area contributed by atoms with Gasteiger partial charge in [0.05, 0.1) is 6.10 Å². The first-order valence-corrected chi connectivity index (χ1v) is 5.26. The third kappa shape index (κ3) is 5.78. The molecule has 0 aliphatic carbocycles. The van der Waals surface area contributed by atoms with Crippen molar-refractivity contribution in [2.75, 3.05) is 0 Å². The maximum absolute atomic E-state index is 12.1. The van der Waals surface area contributed by atoms with E-state index in [-0.39, 0.29) is 0 Å². The van der Waals surface area contributed by atoms with Crippen molar-refractivity contribution in [2.24, 2.45) is 0 Å². The second kappa shape index (κ2) is 6.55. The van der Waals surface area contributed by atoms with Gasteiger partial charge in [-0.2, -0.15) is 13.2 Å². The van der Waals surface area contributed by atoms with Crippen molar-refractivity contribution < 1.29 is 22.7 Å². The second-order valence-electron chi connectivity index (χ2n) is 3.69. The summed E-state index contributed by atoms with van der Waals surface area (Å²) in [5.74, 6) is -1.38. The number of esters is 1. The maximum atomic E-state index is 12.1. The van der Waals surface area contributed by atoms with Crippen molar-refractivity contribution in [3.8, 4) is 0 Å². The Balaban J connectivity index is 4.00. The number of alkyl halides is 3. The highest BCUT2D eigenvalue weighted by atomic mass is 19.4. The first kappa shape index (κ1) is 15.0. The molecule has 0 saturated heterocycles. The zero-order chi connectivity index (χ0) is 12.8. The number of hydrogen-bond acceptors (Lipinski definition) is 2. The highest BCUT2D eigenvalue weighted by molar-refractivity contribution is 5.89. The highest BCUT2D eigenvalue weighted by Crippen LogP contribution is 2.25. The number of unbranched alkanes of at least 4 members (excludes halogenated alkanes) is 2. The molecule has 0 aliphatic rings. The van der Waals surface area contributed by atoms with Crippen LogP contribution in [0, 0.1) is 0 Å². The minimum Gasteiger partial charge on any atom is -0.459 e. The van der Waals surface area contributed by atoms with Crippen LogP contribution in [0.2, 0.25) is 0 Å². The lowest BCUT2D eigenvalue weighted by Crippen LogP contribution is -2.24. The molecular weight excluding hydrogens is 221 g/mol. The number of ether oxygens (including phenoxy) is 1. The van der Waals surface area contributed by atoms with Crippen LogP contribution in [-0.2, 0) is 9.53 Å². The average Bonchev–Trinajstić information content (AvgIpc) is 2.15. The summed E-state index contributed by atoms with van der Waals surface area (Å²) in [5.41, 5.74) is -1.45. The summed E-state index contributed by atoms with van der Waals surface area (Å²) >= 11 is 0. The van der Waals surface area contributed by atoms with Crippen LogP contribution in [0.25, 0.3) is 0 Å². The monoisotopic (exact) mass is 238 g/mol. The van der Waals surface area contributed by atoms with E-state index >= 15 is 0 Å². The van der Waals surface area contributed by atoms with Crippen molar-refractivity contribution >= 4 is 5.97 Å². The van der Waals surface area contributed by atoms with Gasteiger partial charge in [0.15, 0.2) is 0 Å². The summed E-state index contributed by atoms with van der Waals surface area (Å²) < 4.78 is 40.8. The number of carbonyl (C=O) groups excluding carboxylic acids is 1. The van der Waals surface area contributed by atoms with Gasteiger partial charge < -0.3 is 4.74 Å². The summed E-state index contributed by atoms with van der Waals surface area (Å²) in [5, 5.41) is 0. The van der Waals surface area contributed by atoms with Crippen LogP contribution in [0.15, 0.2) is 12.2 Å². The predicted molar refractivity (Wildman–Crippen MR) is 54.9 cm³/mol. The van der Waals surface area contributed by atoms with Gasteiger partial charge in [0.25, 0.3) is 0 Å². The summed E-state index contributed by atoms with van der Waals surface area (Å²) in [6.07, 6.45) is -1.81. The Hall–Kier alpha value is -1.00. The van der Waals surface area contributed by atoms with Gasteiger partial charge in [-0.15, -0.1) is 0 Å². The molecule has 0 fully saturated rings. The van der Waals surface area contributed by atoms with E-state index in [9.17, 15) is 18.0 Å². The number of rotatable bonds is 6. The largest absolute Gasteiger partial charge is 0.459 e. The molecule has 0 aromatic heterocycles. The van der Waals surface area contributed by atoms with Gasteiger partial charge in [-0.1, -0.05) is 26.3 Å². The van der Waals surface area contributed by atoms with Crippen LogP contribution in [-0.4, -0.2) is 18.2 Å². The molecule has 0 heterocycles. The minimum atomic E-state index is -4.71. The molecule has 0 radical (unpaired) electrons. The van der Waals surface area contributed by atoms with E-state index in [4.69, 9.17) is 0 Å². The second-order valence-corrected chi connectivity index (χ2v) is 3.69. The summed E-state index contributed by atoms with van der Waals surface area (Å²) in [6.45, 7) is 6.27. The molecule has 0 amide bonds. The van der Waals surface area contributed by atoms with Gasteiger partial charge in [-0.05, 0) is 19.8 Å². The lowest BCUT2D eigenvalue weighted by molar-refractivity contribution is -0.154. The molecule has 0 aromatic carbocycles. The molecule has 1 atom stereocenters. The number of carbonyl (C=O) groups is 1. The smallest absolute Gasteiger partial charge is 0.422 e. The lowest BCUT2D eigenvalue weighted by Gasteiger charge is -2.15. The molecule has 1 unspecified atom stereocenters. The highest BCUT2D eigenvalue weighted by Gasteiger charge is 2.38. The molecule has 0 rings (SSSR count). The van der Waals surface area contributed by atoms with Gasteiger partial charge >= 0.3 is 12.1 Å². The predicted octanol–water partition coefficient (Wildman–Crippen LogP) is 3.62. The fourth-order valence-electron chi connectivity index (χ4n) is 1.11. The third-order valence-electron chi connectivity index (χ3n) is 2.11. The standard InChI is InChI=1S/C11H17F3O2/c1-4-5-6-7-8(2)16-10(15)9(3)11(12,13)14/h8H,3-7H2,1-2H3. The Morgan fingerprint density at radius 3 is 2.38 bits per heavy atom. The zero-order valence-electron chi connectivity index (χ0n) is 9.56. The van der Waals surface area contributed by atoms with Crippen molar-refractivity contribution in [3.63, 3.8) is 0 Å². The van der Waals surface area contributed by atoms with Crippen molar-refractivity contribution in [3.05, 3.63) is 12.2 Å². The Labute approximate surface area is 93.5 Å². The van der Waals surface area contributed by atoms with Crippen LogP contribution < -0.4 is 0 Å². The maximum Gasteiger partial charge on any atom is 0.422 e. The molecule has 16 heavy (non-hydrogen) atoms. The topological polar surface area (TPSA) is 26.3 Å². The van der Waals surface area contributed by atoms with Gasteiger partial charge in [0, 0.05) is 0 Å². The van der Waals surface area contributed by atoms with E-state index in [1.807, 2.05) is 6.92 Å². The van der Waals surface area contributed by atoms with E-state index in [1.54, 1.807) is 6.92 Å². The molecule has 0 saturated carbocycles. The van der Waals surface area contributed by atoms with Crippen LogP contribution in [0.5, 0.6) is 0 Å². The van der Waals surface area contributed by atoms with E-state index in [2.05, 4.69) is 11.3 Å². The molecule has 0 spiro atoms. The quantitative estimate of drug-likeness (QED) is 0.401. The molecule has 94 valence electrons. The lowest BCUT2D eigenvalue weighted by atomic mass is 10.1. The van der Waals surface area contributed by atoms with Gasteiger partial charge in [0.2, 0.25) is 0 Å². The molecule has 0 bridgehead atoms. The molecule has 5 heteroatoms. The molecular formula is C11H17F3O2. The normalized spacial score (nSPS) is 13.3. The van der Waals surface area contributed by atoms with Gasteiger partial charge in [0.1, 0.15) is 5.57 Å². The summed E-state index contributed by atoms with van der Waals surface area (Å²) in [4.78, 5) is 11.0. The molecule has 0 aliphatic heterocycles. The van der Waals surface area contributed by atoms with E-state index in [0.717, 1.165) is 19.3 Å². The van der Waals surface area contributed by atoms with E-state index in [0.29, 0.717) is 6.42 Å². The van der Waals surface area contributed by atoms with Crippen molar-refractivity contribution in [1.29, 1.82) is 0 Å². The van der Waals surface area contributed by atoms with Crippen molar-refractivity contribution in [2.45, 2.75) is 51.8 Å². The van der Waals surface area contributed by atoms with E-state index < -0.39 is 23.8 Å². The fourth-order valence-corrected chi connectivity index (χ4v) is 1.11. The molecule has 0 N–H and O–H groups in total. The van der Waals surface area contributed by atoms with E-state index in [1.165, 1.54) is 0 Å².